The first-order valence-corrected chi connectivity index (χ1v) is 6.79. The number of fused-ring (bicyclic) bond motifs is 1. The summed E-state index contributed by atoms with van der Waals surface area (Å²) in [7, 11) is 0. The van der Waals surface area contributed by atoms with Gasteiger partial charge in [0.1, 0.15) is 17.4 Å². The lowest BCUT2D eigenvalue weighted by Gasteiger charge is -2.07. The van der Waals surface area contributed by atoms with Crippen LogP contribution in [0.4, 0.5) is 0 Å². The van der Waals surface area contributed by atoms with E-state index in [1.807, 2.05) is 6.07 Å². The Balaban J connectivity index is 2.14. The maximum absolute atomic E-state index is 10.2. The Morgan fingerprint density at radius 1 is 1.28 bits per heavy atom. The van der Waals surface area contributed by atoms with Crippen LogP contribution in [0.1, 0.15) is 55.6 Å². The standard InChI is InChI=1S/C16H20O2/c1-9(2)12-7-4-10(3)13-8-14(18-16(12)13)15(17)11-5-6-11/h4,7-9,11,15,17H,5-6H2,1-3H3. The Kier molecular flexibility index (Phi) is 2.70. The molecular formula is C16H20O2. The summed E-state index contributed by atoms with van der Waals surface area (Å²) in [5.74, 6) is 1.59. The summed E-state index contributed by atoms with van der Waals surface area (Å²) in [5, 5.41) is 11.3. The molecular weight excluding hydrogens is 224 g/mol. The van der Waals surface area contributed by atoms with Crippen LogP contribution >= 0.6 is 0 Å². The molecule has 1 atom stereocenters. The van der Waals surface area contributed by atoms with E-state index in [0.717, 1.165) is 29.6 Å². The summed E-state index contributed by atoms with van der Waals surface area (Å²) >= 11 is 0. The zero-order valence-corrected chi connectivity index (χ0v) is 11.2. The summed E-state index contributed by atoms with van der Waals surface area (Å²) in [4.78, 5) is 0. The number of aliphatic hydroxyl groups is 1. The van der Waals surface area contributed by atoms with E-state index in [1.165, 1.54) is 11.1 Å². The van der Waals surface area contributed by atoms with E-state index in [0.29, 0.717) is 11.8 Å². The molecule has 0 amide bonds. The molecule has 1 aromatic carbocycles. The van der Waals surface area contributed by atoms with Crippen LogP contribution in [0.5, 0.6) is 0 Å². The van der Waals surface area contributed by atoms with Gasteiger partial charge < -0.3 is 9.52 Å². The molecule has 0 aliphatic heterocycles. The predicted molar refractivity (Wildman–Crippen MR) is 72.7 cm³/mol. The third kappa shape index (κ3) is 1.85. The molecule has 18 heavy (non-hydrogen) atoms. The molecule has 0 radical (unpaired) electrons. The van der Waals surface area contributed by atoms with Crippen LogP contribution in [0.2, 0.25) is 0 Å². The van der Waals surface area contributed by atoms with E-state index in [9.17, 15) is 5.11 Å². The molecule has 1 unspecified atom stereocenters. The van der Waals surface area contributed by atoms with Gasteiger partial charge in [0.05, 0.1) is 0 Å². The number of aliphatic hydroxyl groups excluding tert-OH is 1. The summed E-state index contributed by atoms with van der Waals surface area (Å²) in [6, 6.07) is 6.30. The van der Waals surface area contributed by atoms with Crippen molar-refractivity contribution in [3.8, 4) is 0 Å². The van der Waals surface area contributed by atoms with Gasteiger partial charge in [-0.25, -0.2) is 0 Å². The highest BCUT2D eigenvalue weighted by Crippen LogP contribution is 2.43. The lowest BCUT2D eigenvalue weighted by Crippen LogP contribution is -1.96. The average Bonchev–Trinajstić information content (AvgIpc) is 3.07. The van der Waals surface area contributed by atoms with Gasteiger partial charge in [0.2, 0.25) is 0 Å². The molecule has 0 saturated heterocycles. The van der Waals surface area contributed by atoms with Gasteiger partial charge in [-0.1, -0.05) is 26.0 Å². The van der Waals surface area contributed by atoms with Gasteiger partial charge in [0, 0.05) is 5.39 Å². The molecule has 0 spiro atoms. The van der Waals surface area contributed by atoms with Crippen LogP contribution in [0.25, 0.3) is 11.0 Å². The lowest BCUT2D eigenvalue weighted by molar-refractivity contribution is 0.129. The molecule has 1 aliphatic rings. The second-order valence-corrected chi connectivity index (χ2v) is 5.80. The van der Waals surface area contributed by atoms with E-state index in [2.05, 4.69) is 32.9 Å². The van der Waals surface area contributed by atoms with Crippen molar-refractivity contribution in [3.05, 3.63) is 35.1 Å². The minimum atomic E-state index is -0.420. The molecule has 1 N–H and O–H groups in total. The Morgan fingerprint density at radius 2 is 2.00 bits per heavy atom. The van der Waals surface area contributed by atoms with Crippen molar-refractivity contribution in [1.29, 1.82) is 0 Å². The monoisotopic (exact) mass is 244 g/mol. The van der Waals surface area contributed by atoms with Gasteiger partial charge in [-0.3, -0.25) is 0 Å². The molecule has 3 rings (SSSR count). The Hall–Kier alpha value is -1.28. The number of hydrogen-bond acceptors (Lipinski definition) is 2. The quantitative estimate of drug-likeness (QED) is 0.872. The zero-order chi connectivity index (χ0) is 12.9. The van der Waals surface area contributed by atoms with Crippen molar-refractivity contribution < 1.29 is 9.52 Å². The maximum Gasteiger partial charge on any atom is 0.138 e. The van der Waals surface area contributed by atoms with Crippen LogP contribution < -0.4 is 0 Å². The van der Waals surface area contributed by atoms with Crippen molar-refractivity contribution in [3.63, 3.8) is 0 Å². The van der Waals surface area contributed by atoms with Crippen LogP contribution in [0, 0.1) is 12.8 Å². The maximum atomic E-state index is 10.2. The molecule has 2 aromatic rings. The molecule has 1 fully saturated rings. The summed E-state index contributed by atoms with van der Waals surface area (Å²) in [5.41, 5.74) is 3.40. The van der Waals surface area contributed by atoms with Crippen LogP contribution in [-0.4, -0.2) is 5.11 Å². The molecule has 1 aromatic heterocycles. The fourth-order valence-corrected chi connectivity index (χ4v) is 2.54. The molecule has 0 bridgehead atoms. The van der Waals surface area contributed by atoms with E-state index < -0.39 is 6.10 Å². The SMILES string of the molecule is Cc1ccc(C(C)C)c2oc(C(O)C3CC3)cc12. The molecule has 1 heterocycles. The summed E-state index contributed by atoms with van der Waals surface area (Å²) in [6.45, 7) is 6.43. The second kappa shape index (κ2) is 4.13. The van der Waals surface area contributed by atoms with Crippen LogP contribution in [-0.2, 0) is 0 Å². The molecule has 96 valence electrons. The predicted octanol–water partition coefficient (Wildman–Crippen LogP) is 4.31. The van der Waals surface area contributed by atoms with E-state index in [4.69, 9.17) is 4.42 Å². The molecule has 1 aliphatic carbocycles. The van der Waals surface area contributed by atoms with Crippen molar-refractivity contribution in [2.45, 2.75) is 45.6 Å². The highest BCUT2D eigenvalue weighted by molar-refractivity contribution is 5.85. The average molecular weight is 244 g/mol. The fraction of sp³-hybridized carbons (Fsp3) is 0.500. The minimum Gasteiger partial charge on any atom is -0.458 e. The highest BCUT2D eigenvalue weighted by atomic mass is 16.4. The number of rotatable bonds is 3. The summed E-state index contributed by atoms with van der Waals surface area (Å²) in [6.07, 6.45) is 1.82. The van der Waals surface area contributed by atoms with E-state index in [1.54, 1.807) is 0 Å². The normalized spacial score (nSPS) is 17.6. The van der Waals surface area contributed by atoms with E-state index in [-0.39, 0.29) is 0 Å². The van der Waals surface area contributed by atoms with Gasteiger partial charge in [-0.05, 0) is 48.8 Å². The van der Waals surface area contributed by atoms with E-state index >= 15 is 0 Å². The Bertz CT molecular complexity index is 576. The van der Waals surface area contributed by atoms with Gasteiger partial charge in [0.15, 0.2) is 0 Å². The van der Waals surface area contributed by atoms with Crippen molar-refractivity contribution >= 4 is 11.0 Å². The number of benzene rings is 1. The molecule has 2 heteroatoms. The third-order valence-electron chi connectivity index (χ3n) is 3.93. The smallest absolute Gasteiger partial charge is 0.138 e. The summed E-state index contributed by atoms with van der Waals surface area (Å²) < 4.78 is 5.95. The van der Waals surface area contributed by atoms with Gasteiger partial charge in [-0.2, -0.15) is 0 Å². The van der Waals surface area contributed by atoms with Crippen molar-refractivity contribution in [1.82, 2.24) is 0 Å². The minimum absolute atomic E-state index is 0.411. The van der Waals surface area contributed by atoms with Crippen molar-refractivity contribution in [2.24, 2.45) is 5.92 Å². The lowest BCUT2D eigenvalue weighted by atomic mass is 9.99. The van der Waals surface area contributed by atoms with Gasteiger partial charge in [-0.15, -0.1) is 0 Å². The third-order valence-corrected chi connectivity index (χ3v) is 3.93. The largest absolute Gasteiger partial charge is 0.458 e. The number of aryl methyl sites for hydroxylation is 1. The first kappa shape index (κ1) is 11.8. The Labute approximate surface area is 108 Å². The first-order valence-electron chi connectivity index (χ1n) is 6.79. The topological polar surface area (TPSA) is 33.4 Å². The van der Waals surface area contributed by atoms with Crippen LogP contribution in [0.15, 0.2) is 22.6 Å². The van der Waals surface area contributed by atoms with Crippen LogP contribution in [0.3, 0.4) is 0 Å². The highest BCUT2D eigenvalue weighted by Gasteiger charge is 2.33. The second-order valence-electron chi connectivity index (χ2n) is 5.80. The fourth-order valence-electron chi connectivity index (χ4n) is 2.54. The first-order chi connectivity index (χ1) is 8.58. The zero-order valence-electron chi connectivity index (χ0n) is 11.2. The molecule has 2 nitrogen and oxygen atoms in total. The Morgan fingerprint density at radius 3 is 2.61 bits per heavy atom. The van der Waals surface area contributed by atoms with Crippen molar-refractivity contribution in [2.75, 3.05) is 0 Å². The number of furan rings is 1. The van der Waals surface area contributed by atoms with Gasteiger partial charge in [0.25, 0.3) is 0 Å². The molecule has 1 saturated carbocycles. The van der Waals surface area contributed by atoms with Gasteiger partial charge >= 0.3 is 0 Å². The number of hydrogen-bond donors (Lipinski definition) is 1.